The summed E-state index contributed by atoms with van der Waals surface area (Å²) in [6.45, 7) is 3.89. The summed E-state index contributed by atoms with van der Waals surface area (Å²) in [5, 5.41) is 0.743. The van der Waals surface area contributed by atoms with Gasteiger partial charge >= 0.3 is 66.0 Å². The van der Waals surface area contributed by atoms with Crippen LogP contribution >= 0.6 is 0 Å². The van der Waals surface area contributed by atoms with E-state index in [0.29, 0.717) is 15.0 Å². The topological polar surface area (TPSA) is 0 Å². The second kappa shape index (κ2) is 2.45. The Hall–Kier alpha value is 0.379. The molecule has 0 aromatic rings. The zero-order valence-corrected chi connectivity index (χ0v) is 8.00. The monoisotopic (exact) mass is 214 g/mol. The van der Waals surface area contributed by atoms with Crippen molar-refractivity contribution in [2.45, 2.75) is 42.2 Å². The Morgan fingerprint density at radius 2 is 1.90 bits per heavy atom. The van der Waals surface area contributed by atoms with Crippen LogP contribution in [0, 0.1) is 0 Å². The molecule has 0 aliphatic carbocycles. The number of hydrogen-bond acceptors (Lipinski definition) is 0. The maximum absolute atomic E-state index is 12.7. The first-order chi connectivity index (χ1) is 4.41. The first-order valence-electron chi connectivity index (χ1n) is 3.43. The molecule has 0 amide bonds. The van der Waals surface area contributed by atoms with Gasteiger partial charge in [-0.25, -0.2) is 0 Å². The predicted octanol–water partition coefficient (Wildman–Crippen LogP) is 2.74. The van der Waals surface area contributed by atoms with Gasteiger partial charge in [-0.2, -0.15) is 0 Å². The number of hydrogen-bond donors (Lipinski definition) is 0. The maximum atomic E-state index is 12.7. The zero-order valence-electron chi connectivity index (χ0n) is 6.29. The van der Waals surface area contributed by atoms with E-state index >= 15 is 0 Å². The predicted molar refractivity (Wildman–Crippen MR) is 38.8 cm³/mol. The molecule has 0 unspecified atom stereocenters. The third kappa shape index (κ3) is 2.21. The van der Waals surface area contributed by atoms with Crippen molar-refractivity contribution < 1.29 is 8.78 Å². The van der Waals surface area contributed by atoms with Crippen molar-refractivity contribution in [1.82, 2.24) is 0 Å². The van der Waals surface area contributed by atoms with Crippen LogP contribution in [0.4, 0.5) is 8.78 Å². The normalized spacial score (nSPS) is 30.0. The van der Waals surface area contributed by atoms with Crippen LogP contribution in [0.3, 0.4) is 0 Å². The standard InChI is InChI=1S/C7H12F2Se/c1-6(2)5-7(8,9)3-4-10-6/h3-5H2,1-2H3. The van der Waals surface area contributed by atoms with Gasteiger partial charge < -0.3 is 0 Å². The van der Waals surface area contributed by atoms with Gasteiger partial charge in [0, 0.05) is 0 Å². The van der Waals surface area contributed by atoms with Crippen molar-refractivity contribution in [2.75, 3.05) is 0 Å². The van der Waals surface area contributed by atoms with Crippen LogP contribution in [0.2, 0.25) is 9.63 Å². The second-order valence-corrected chi connectivity index (χ2v) is 7.17. The first-order valence-corrected chi connectivity index (χ1v) is 5.50. The van der Waals surface area contributed by atoms with E-state index < -0.39 is 5.92 Å². The number of alkyl halides is 2. The molecule has 60 valence electrons. The first kappa shape index (κ1) is 8.48. The number of rotatable bonds is 0. The zero-order chi connectivity index (χ0) is 7.83. The van der Waals surface area contributed by atoms with Crippen LogP contribution < -0.4 is 0 Å². The molecule has 0 aromatic heterocycles. The van der Waals surface area contributed by atoms with Gasteiger partial charge in [0.15, 0.2) is 0 Å². The Balaban J connectivity index is 2.56. The molecule has 0 bridgehead atoms. The van der Waals surface area contributed by atoms with Gasteiger partial charge in [0.1, 0.15) is 0 Å². The molecule has 0 spiro atoms. The molecule has 10 heavy (non-hydrogen) atoms. The average Bonchev–Trinajstić information content (AvgIpc) is 1.56. The summed E-state index contributed by atoms with van der Waals surface area (Å²) in [5.74, 6) is -2.37. The Kier molecular flexibility index (Phi) is 2.08. The van der Waals surface area contributed by atoms with E-state index in [1.54, 1.807) is 0 Å². The third-order valence-corrected chi connectivity index (χ3v) is 4.44. The van der Waals surface area contributed by atoms with Gasteiger partial charge in [-0.15, -0.1) is 0 Å². The van der Waals surface area contributed by atoms with Crippen LogP contribution in [0.25, 0.3) is 0 Å². The molecule has 0 N–H and O–H groups in total. The van der Waals surface area contributed by atoms with Crippen molar-refractivity contribution in [3.63, 3.8) is 0 Å². The fourth-order valence-corrected chi connectivity index (χ4v) is 3.90. The van der Waals surface area contributed by atoms with Gasteiger partial charge in [-0.3, -0.25) is 0 Å². The molecule has 3 heteroatoms. The summed E-state index contributed by atoms with van der Waals surface area (Å²) in [6.07, 6.45) is 0.219. The molecule has 1 fully saturated rings. The molecule has 1 aliphatic rings. The molecule has 0 atom stereocenters. The fourth-order valence-electron chi connectivity index (χ4n) is 1.24. The summed E-state index contributed by atoms with van der Waals surface area (Å²) < 4.78 is 25.3. The minimum absolute atomic E-state index is 0.0747. The van der Waals surface area contributed by atoms with Crippen LogP contribution in [0.5, 0.6) is 0 Å². The van der Waals surface area contributed by atoms with Crippen molar-refractivity contribution in [3.8, 4) is 0 Å². The fraction of sp³-hybridized carbons (Fsp3) is 1.00. The summed E-state index contributed by atoms with van der Waals surface area (Å²) in [7, 11) is 0. The molecular formula is C7H12F2Se. The molecular weight excluding hydrogens is 201 g/mol. The van der Waals surface area contributed by atoms with Crippen molar-refractivity contribution in [2.24, 2.45) is 0 Å². The Morgan fingerprint density at radius 3 is 2.20 bits per heavy atom. The molecule has 1 rings (SSSR count). The van der Waals surface area contributed by atoms with E-state index in [-0.39, 0.29) is 17.2 Å². The van der Waals surface area contributed by atoms with Gasteiger partial charge in [-0.1, -0.05) is 0 Å². The van der Waals surface area contributed by atoms with E-state index in [0.717, 1.165) is 5.32 Å². The molecule has 1 saturated heterocycles. The summed E-state index contributed by atoms with van der Waals surface area (Å²) >= 11 is 0.425. The Labute approximate surface area is 66.5 Å². The van der Waals surface area contributed by atoms with E-state index in [2.05, 4.69) is 0 Å². The van der Waals surface area contributed by atoms with E-state index in [1.165, 1.54) is 0 Å². The van der Waals surface area contributed by atoms with Gasteiger partial charge in [0.05, 0.1) is 0 Å². The van der Waals surface area contributed by atoms with Gasteiger partial charge in [-0.05, 0) is 0 Å². The van der Waals surface area contributed by atoms with Crippen LogP contribution in [0.15, 0.2) is 0 Å². The molecule has 0 nitrogen and oxygen atoms in total. The van der Waals surface area contributed by atoms with Crippen LogP contribution in [-0.2, 0) is 0 Å². The minimum atomic E-state index is -2.37. The Morgan fingerprint density at radius 1 is 1.30 bits per heavy atom. The molecule has 0 radical (unpaired) electrons. The van der Waals surface area contributed by atoms with Crippen LogP contribution in [-0.4, -0.2) is 20.9 Å². The molecule has 1 aliphatic heterocycles. The quantitative estimate of drug-likeness (QED) is 0.543. The summed E-state index contributed by atoms with van der Waals surface area (Å²) in [5.41, 5.74) is 0. The second-order valence-electron chi connectivity index (χ2n) is 3.39. The van der Waals surface area contributed by atoms with Crippen molar-refractivity contribution in [1.29, 1.82) is 0 Å². The Bertz CT molecular complexity index is 118. The van der Waals surface area contributed by atoms with Gasteiger partial charge in [0.25, 0.3) is 0 Å². The molecule has 0 aromatic carbocycles. The summed E-state index contributed by atoms with van der Waals surface area (Å²) in [4.78, 5) is 0. The van der Waals surface area contributed by atoms with Crippen molar-refractivity contribution >= 4 is 15.0 Å². The number of halogens is 2. The molecule has 1 heterocycles. The van der Waals surface area contributed by atoms with Crippen molar-refractivity contribution in [3.05, 3.63) is 0 Å². The third-order valence-electron chi connectivity index (χ3n) is 1.64. The van der Waals surface area contributed by atoms with Gasteiger partial charge in [0.2, 0.25) is 0 Å². The van der Waals surface area contributed by atoms with Crippen LogP contribution in [0.1, 0.15) is 26.7 Å². The molecule has 0 saturated carbocycles. The van der Waals surface area contributed by atoms with E-state index in [9.17, 15) is 8.78 Å². The van der Waals surface area contributed by atoms with E-state index in [1.807, 2.05) is 13.8 Å². The SMILES string of the molecule is CC1(C)CC(F)(F)CC[Se]1. The van der Waals surface area contributed by atoms with E-state index in [4.69, 9.17) is 0 Å². The average molecular weight is 213 g/mol. The summed E-state index contributed by atoms with van der Waals surface area (Å²) in [6, 6.07) is 0.